The number of rotatable bonds is 6. The predicted octanol–water partition coefficient (Wildman–Crippen LogP) is 2.18. The lowest BCUT2D eigenvalue weighted by molar-refractivity contribution is 0.261. The minimum absolute atomic E-state index is 0.588. The number of nitrogens with one attached hydrogen (secondary N) is 2. The predicted molar refractivity (Wildman–Crippen MR) is 84.6 cm³/mol. The van der Waals surface area contributed by atoms with Gasteiger partial charge in [0.1, 0.15) is 12.4 Å². The lowest BCUT2D eigenvalue weighted by atomic mass is 10.1. The molecule has 1 aromatic rings. The molecule has 0 bridgehead atoms. The van der Waals surface area contributed by atoms with E-state index in [0.29, 0.717) is 6.04 Å². The molecule has 1 aromatic carbocycles. The van der Waals surface area contributed by atoms with Crippen molar-refractivity contribution in [1.82, 2.24) is 10.2 Å². The first-order chi connectivity index (χ1) is 9.74. The fourth-order valence-electron chi connectivity index (χ4n) is 2.39. The van der Waals surface area contributed by atoms with Crippen molar-refractivity contribution in [3.8, 4) is 5.75 Å². The molecule has 0 amide bonds. The second-order valence-electron chi connectivity index (χ2n) is 5.70. The third-order valence-corrected chi connectivity index (χ3v) is 3.61. The van der Waals surface area contributed by atoms with E-state index in [1.165, 1.54) is 24.9 Å². The Morgan fingerprint density at radius 2 is 2.00 bits per heavy atom. The maximum Gasteiger partial charge on any atom is 0.119 e. The van der Waals surface area contributed by atoms with Crippen LogP contribution in [-0.2, 0) is 0 Å². The quantitative estimate of drug-likeness (QED) is 0.835. The zero-order chi connectivity index (χ0) is 14.2. The molecule has 1 unspecified atom stereocenters. The highest BCUT2D eigenvalue weighted by Gasteiger charge is 2.11. The summed E-state index contributed by atoms with van der Waals surface area (Å²) in [5.41, 5.74) is 1.19. The number of hydrogen-bond acceptors (Lipinski definition) is 4. The lowest BCUT2D eigenvalue weighted by Crippen LogP contribution is -2.21. The highest BCUT2D eigenvalue weighted by Crippen LogP contribution is 2.18. The Hall–Kier alpha value is -1.26. The summed E-state index contributed by atoms with van der Waals surface area (Å²) in [4.78, 5) is 2.12. The van der Waals surface area contributed by atoms with E-state index in [0.717, 1.165) is 32.0 Å². The molecule has 4 heteroatoms. The van der Waals surface area contributed by atoms with Crippen molar-refractivity contribution in [2.75, 3.05) is 45.7 Å². The lowest BCUT2D eigenvalue weighted by Gasteiger charge is -2.17. The van der Waals surface area contributed by atoms with Gasteiger partial charge in [0.15, 0.2) is 0 Å². The number of hydrogen-bond donors (Lipinski definition) is 2. The largest absolute Gasteiger partial charge is 0.492 e. The normalized spacial score (nSPS) is 19.6. The van der Waals surface area contributed by atoms with Gasteiger partial charge >= 0.3 is 0 Å². The molecular formula is C16H27N3O. The zero-order valence-electron chi connectivity index (χ0n) is 12.7. The van der Waals surface area contributed by atoms with Crippen molar-refractivity contribution in [2.45, 2.75) is 25.3 Å². The molecule has 4 nitrogen and oxygen atoms in total. The molecule has 0 aromatic heterocycles. The molecule has 0 saturated carbocycles. The van der Waals surface area contributed by atoms with E-state index in [9.17, 15) is 0 Å². The third kappa shape index (κ3) is 5.39. The first-order valence-corrected chi connectivity index (χ1v) is 7.59. The second kappa shape index (κ2) is 8.12. The maximum absolute atomic E-state index is 5.70. The molecule has 112 valence electrons. The van der Waals surface area contributed by atoms with Gasteiger partial charge in [-0.25, -0.2) is 0 Å². The Morgan fingerprint density at radius 3 is 2.75 bits per heavy atom. The van der Waals surface area contributed by atoms with Gasteiger partial charge < -0.3 is 20.3 Å². The Balaban J connectivity index is 1.78. The summed E-state index contributed by atoms with van der Waals surface area (Å²) in [7, 11) is 4.11. The van der Waals surface area contributed by atoms with Crippen LogP contribution in [0.5, 0.6) is 5.75 Å². The third-order valence-electron chi connectivity index (χ3n) is 3.61. The summed E-state index contributed by atoms with van der Waals surface area (Å²) in [6.07, 6.45) is 3.69. The monoisotopic (exact) mass is 277 g/mol. The average molecular weight is 277 g/mol. The molecule has 20 heavy (non-hydrogen) atoms. The highest BCUT2D eigenvalue weighted by atomic mass is 16.5. The molecule has 1 heterocycles. The molecule has 1 aliphatic heterocycles. The standard InChI is InChI=1S/C16H27N3O/c1-19(2)12-13-20-16-7-5-15(6-8-16)18-14-4-3-10-17-11-9-14/h5-8,14,17-18H,3-4,9-13H2,1-2H3. The van der Waals surface area contributed by atoms with Gasteiger partial charge in [-0.3, -0.25) is 0 Å². The van der Waals surface area contributed by atoms with Gasteiger partial charge in [-0.05, 0) is 70.7 Å². The fraction of sp³-hybridized carbons (Fsp3) is 0.625. The van der Waals surface area contributed by atoms with E-state index in [1.54, 1.807) is 0 Å². The second-order valence-corrected chi connectivity index (χ2v) is 5.70. The zero-order valence-corrected chi connectivity index (χ0v) is 12.7. The van der Waals surface area contributed by atoms with Crippen molar-refractivity contribution in [3.63, 3.8) is 0 Å². The topological polar surface area (TPSA) is 36.5 Å². The molecule has 1 fully saturated rings. The van der Waals surface area contributed by atoms with E-state index in [2.05, 4.69) is 41.8 Å². The van der Waals surface area contributed by atoms with Crippen LogP contribution in [0.25, 0.3) is 0 Å². The van der Waals surface area contributed by atoms with Crippen molar-refractivity contribution < 1.29 is 4.74 Å². The molecule has 2 rings (SSSR count). The van der Waals surface area contributed by atoms with Crippen LogP contribution in [0.2, 0.25) is 0 Å². The molecular weight excluding hydrogens is 250 g/mol. The number of likely N-dealkylation sites (N-methyl/N-ethyl adjacent to an activating group) is 1. The summed E-state index contributed by atoms with van der Waals surface area (Å²) in [5, 5.41) is 7.06. The maximum atomic E-state index is 5.70. The van der Waals surface area contributed by atoms with E-state index < -0.39 is 0 Å². The van der Waals surface area contributed by atoms with Crippen molar-refractivity contribution >= 4 is 5.69 Å². The molecule has 0 spiro atoms. The summed E-state index contributed by atoms with van der Waals surface area (Å²) in [6, 6.07) is 8.91. The molecule has 0 radical (unpaired) electrons. The van der Waals surface area contributed by atoms with Crippen LogP contribution >= 0.6 is 0 Å². The molecule has 1 aliphatic rings. The summed E-state index contributed by atoms with van der Waals surface area (Å²) < 4.78 is 5.70. The summed E-state index contributed by atoms with van der Waals surface area (Å²) in [5.74, 6) is 0.944. The Labute approximate surface area is 122 Å². The highest BCUT2D eigenvalue weighted by molar-refractivity contribution is 5.47. The van der Waals surface area contributed by atoms with Gasteiger partial charge in [0.05, 0.1) is 0 Å². The van der Waals surface area contributed by atoms with Crippen molar-refractivity contribution in [2.24, 2.45) is 0 Å². The van der Waals surface area contributed by atoms with Crippen LogP contribution in [0.15, 0.2) is 24.3 Å². The van der Waals surface area contributed by atoms with Crippen LogP contribution in [-0.4, -0.2) is 51.3 Å². The summed E-state index contributed by atoms with van der Waals surface area (Å²) >= 11 is 0. The van der Waals surface area contributed by atoms with Crippen molar-refractivity contribution in [3.05, 3.63) is 24.3 Å². The van der Waals surface area contributed by atoms with Gasteiger partial charge in [0.2, 0.25) is 0 Å². The number of nitrogens with zero attached hydrogens (tertiary/aromatic N) is 1. The first kappa shape index (κ1) is 15.1. The van der Waals surface area contributed by atoms with E-state index in [-0.39, 0.29) is 0 Å². The van der Waals surface area contributed by atoms with Gasteiger partial charge in [-0.2, -0.15) is 0 Å². The van der Waals surface area contributed by atoms with Gasteiger partial charge in [-0.1, -0.05) is 0 Å². The fourth-order valence-corrected chi connectivity index (χ4v) is 2.39. The minimum Gasteiger partial charge on any atom is -0.492 e. The summed E-state index contributed by atoms with van der Waals surface area (Å²) in [6.45, 7) is 3.93. The van der Waals surface area contributed by atoms with Gasteiger partial charge in [0, 0.05) is 18.3 Å². The first-order valence-electron chi connectivity index (χ1n) is 7.59. The van der Waals surface area contributed by atoms with E-state index in [1.807, 2.05) is 12.1 Å². The van der Waals surface area contributed by atoms with Crippen LogP contribution in [0, 0.1) is 0 Å². The SMILES string of the molecule is CN(C)CCOc1ccc(NC2CCCNCC2)cc1. The molecule has 2 N–H and O–H groups in total. The molecule has 0 aliphatic carbocycles. The van der Waals surface area contributed by atoms with Crippen molar-refractivity contribution in [1.29, 1.82) is 0 Å². The van der Waals surface area contributed by atoms with Gasteiger partial charge in [0.25, 0.3) is 0 Å². The van der Waals surface area contributed by atoms with Crippen LogP contribution in [0.1, 0.15) is 19.3 Å². The molecule has 1 saturated heterocycles. The smallest absolute Gasteiger partial charge is 0.119 e. The Bertz CT molecular complexity index is 370. The number of anilines is 1. The van der Waals surface area contributed by atoms with E-state index in [4.69, 9.17) is 4.74 Å². The van der Waals surface area contributed by atoms with E-state index >= 15 is 0 Å². The number of ether oxygens (including phenoxy) is 1. The minimum atomic E-state index is 0.588. The van der Waals surface area contributed by atoms with Crippen LogP contribution in [0.3, 0.4) is 0 Å². The molecule has 1 atom stereocenters. The van der Waals surface area contributed by atoms with Crippen LogP contribution in [0.4, 0.5) is 5.69 Å². The Morgan fingerprint density at radius 1 is 1.20 bits per heavy atom. The Kier molecular flexibility index (Phi) is 6.15. The van der Waals surface area contributed by atoms with Gasteiger partial charge in [-0.15, -0.1) is 0 Å². The average Bonchev–Trinajstić information content (AvgIpc) is 2.69. The number of benzene rings is 1. The van der Waals surface area contributed by atoms with Crippen LogP contribution < -0.4 is 15.4 Å².